The van der Waals surface area contributed by atoms with Crippen LogP contribution in [0.3, 0.4) is 0 Å². The third-order valence-corrected chi connectivity index (χ3v) is 8.22. The normalized spacial score (nSPS) is 20.1. The minimum absolute atomic E-state index is 0.185. The third-order valence-electron chi connectivity index (χ3n) is 2.82. The Balaban J connectivity index is 2.63. The smallest absolute Gasteiger partial charge is 0.222 e. The molecule has 19 heavy (non-hydrogen) atoms. The zero-order valence-corrected chi connectivity index (χ0v) is 14.7. The van der Waals surface area contributed by atoms with Crippen LogP contribution in [0.1, 0.15) is 12.8 Å². The Kier molecular flexibility index (Phi) is 5.80. The van der Waals surface area contributed by atoms with Crippen molar-refractivity contribution in [1.82, 2.24) is 9.80 Å². The molecule has 0 spiro atoms. The van der Waals surface area contributed by atoms with E-state index in [0.717, 1.165) is 13.0 Å². The molecule has 1 heterocycles. The van der Waals surface area contributed by atoms with E-state index in [-0.39, 0.29) is 5.91 Å². The van der Waals surface area contributed by atoms with Crippen LogP contribution in [-0.4, -0.2) is 63.7 Å². The van der Waals surface area contributed by atoms with E-state index in [1.54, 1.807) is 0 Å². The molecule has 0 radical (unpaired) electrons. The Hall–Kier alpha value is -0.163. The molecule has 7 heteroatoms. The first-order valence-electron chi connectivity index (χ1n) is 6.83. The fourth-order valence-electron chi connectivity index (χ4n) is 2.29. The molecule has 1 rings (SSSR count). The number of likely N-dealkylation sites (tertiary alicyclic amines) is 1. The zero-order valence-electron chi connectivity index (χ0n) is 12.8. The molecule has 1 fully saturated rings. The highest BCUT2D eigenvalue weighted by Gasteiger charge is 2.32. The summed E-state index contributed by atoms with van der Waals surface area (Å²) in [5.74, 6) is 0.185. The number of carbonyl (C=O) groups is 1. The second kappa shape index (κ2) is 6.53. The first-order chi connectivity index (χ1) is 8.61. The SMILES string of the molecule is CN(C)CP(=O)(CCN1CCCC1=O)O[Si](C)(C)C. The number of amides is 1. The molecule has 112 valence electrons. The predicted octanol–water partition coefficient (Wildman–Crippen LogP) is 2.26. The third kappa shape index (κ3) is 6.21. The van der Waals surface area contributed by atoms with Crippen LogP contribution in [-0.2, 0) is 13.6 Å². The standard InChI is InChI=1S/C12H27N2O3PSi/c1-13(2)11-18(16,17-19(3,4)5)10-9-14-8-6-7-12(14)15/h6-11H2,1-5H3. The molecule has 5 nitrogen and oxygen atoms in total. The maximum atomic E-state index is 12.9. The van der Waals surface area contributed by atoms with Crippen molar-refractivity contribution in [1.29, 1.82) is 0 Å². The molecule has 1 unspecified atom stereocenters. The van der Waals surface area contributed by atoms with Gasteiger partial charge in [0.15, 0.2) is 8.32 Å². The van der Waals surface area contributed by atoms with Crippen LogP contribution in [0.15, 0.2) is 0 Å². The van der Waals surface area contributed by atoms with Crippen molar-refractivity contribution in [2.75, 3.05) is 39.6 Å². The van der Waals surface area contributed by atoms with Crippen molar-refractivity contribution in [3.05, 3.63) is 0 Å². The van der Waals surface area contributed by atoms with Gasteiger partial charge in [-0.3, -0.25) is 9.36 Å². The Bertz CT molecular complexity index is 368. The zero-order chi connectivity index (χ0) is 14.7. The lowest BCUT2D eigenvalue weighted by Gasteiger charge is -2.30. The van der Waals surface area contributed by atoms with Gasteiger partial charge >= 0.3 is 0 Å². The maximum absolute atomic E-state index is 12.9. The highest BCUT2D eigenvalue weighted by Crippen LogP contribution is 2.49. The van der Waals surface area contributed by atoms with Gasteiger partial charge in [0, 0.05) is 25.7 Å². The summed E-state index contributed by atoms with van der Waals surface area (Å²) >= 11 is 0. The van der Waals surface area contributed by atoms with E-state index in [2.05, 4.69) is 19.6 Å². The Labute approximate surface area is 117 Å². The summed E-state index contributed by atoms with van der Waals surface area (Å²) in [6, 6.07) is 0. The molecular weight excluding hydrogens is 279 g/mol. The number of hydrogen-bond donors (Lipinski definition) is 0. The lowest BCUT2D eigenvalue weighted by Crippen LogP contribution is -2.32. The maximum Gasteiger partial charge on any atom is 0.222 e. The van der Waals surface area contributed by atoms with E-state index in [0.29, 0.717) is 25.4 Å². The Morgan fingerprint density at radius 2 is 2.00 bits per heavy atom. The molecule has 0 aromatic carbocycles. The highest BCUT2D eigenvalue weighted by molar-refractivity contribution is 7.60. The minimum Gasteiger partial charge on any atom is -0.369 e. The molecule has 0 aromatic rings. The van der Waals surface area contributed by atoms with E-state index < -0.39 is 15.7 Å². The van der Waals surface area contributed by atoms with Gasteiger partial charge in [-0.05, 0) is 40.2 Å². The van der Waals surface area contributed by atoms with Crippen LogP contribution in [0.4, 0.5) is 0 Å². The van der Waals surface area contributed by atoms with Crippen molar-refractivity contribution in [3.8, 4) is 0 Å². The molecule has 0 bridgehead atoms. The molecule has 1 aliphatic heterocycles. The van der Waals surface area contributed by atoms with E-state index in [9.17, 15) is 9.36 Å². The van der Waals surface area contributed by atoms with Crippen LogP contribution in [0, 0.1) is 0 Å². The Morgan fingerprint density at radius 3 is 2.42 bits per heavy atom. The first-order valence-corrected chi connectivity index (χ1v) is 12.2. The molecule has 1 amide bonds. The molecule has 0 saturated carbocycles. The average Bonchev–Trinajstić information content (AvgIpc) is 2.56. The Morgan fingerprint density at radius 1 is 1.37 bits per heavy atom. The summed E-state index contributed by atoms with van der Waals surface area (Å²) in [5, 5.41) is 0. The number of hydrogen-bond acceptors (Lipinski definition) is 4. The molecule has 0 aromatic heterocycles. The molecule has 0 N–H and O–H groups in total. The highest BCUT2D eigenvalue weighted by atomic mass is 31.2. The monoisotopic (exact) mass is 306 g/mol. The molecule has 1 saturated heterocycles. The first kappa shape index (κ1) is 16.9. The van der Waals surface area contributed by atoms with Crippen molar-refractivity contribution in [3.63, 3.8) is 0 Å². The fourth-order valence-corrected chi connectivity index (χ4v) is 8.43. The van der Waals surface area contributed by atoms with Gasteiger partial charge in [-0.15, -0.1) is 0 Å². The van der Waals surface area contributed by atoms with Crippen molar-refractivity contribution in [2.24, 2.45) is 0 Å². The lowest BCUT2D eigenvalue weighted by molar-refractivity contribution is -0.127. The van der Waals surface area contributed by atoms with Gasteiger partial charge in [0.2, 0.25) is 13.3 Å². The van der Waals surface area contributed by atoms with E-state index in [4.69, 9.17) is 4.21 Å². The van der Waals surface area contributed by atoms with Crippen LogP contribution in [0.5, 0.6) is 0 Å². The summed E-state index contributed by atoms with van der Waals surface area (Å²) in [4.78, 5) is 15.3. The molecular formula is C12H27N2O3PSi. The van der Waals surface area contributed by atoms with Crippen LogP contribution >= 0.6 is 7.37 Å². The van der Waals surface area contributed by atoms with Gasteiger partial charge in [-0.2, -0.15) is 0 Å². The summed E-state index contributed by atoms with van der Waals surface area (Å²) in [5.41, 5.74) is 0. The summed E-state index contributed by atoms with van der Waals surface area (Å²) in [7, 11) is -0.721. The second-order valence-corrected chi connectivity index (χ2v) is 13.8. The lowest BCUT2D eigenvalue weighted by atomic mass is 10.4. The largest absolute Gasteiger partial charge is 0.369 e. The van der Waals surface area contributed by atoms with Crippen molar-refractivity contribution >= 4 is 21.6 Å². The van der Waals surface area contributed by atoms with Gasteiger partial charge in [-0.1, -0.05) is 0 Å². The van der Waals surface area contributed by atoms with Gasteiger partial charge in [-0.25, -0.2) is 0 Å². The second-order valence-electron chi connectivity index (χ2n) is 6.45. The minimum atomic E-state index is -2.68. The van der Waals surface area contributed by atoms with Gasteiger partial charge in [0.05, 0.1) is 6.29 Å². The quantitative estimate of drug-likeness (QED) is 0.535. The molecule has 1 atom stereocenters. The fraction of sp³-hybridized carbons (Fsp3) is 0.917. The van der Waals surface area contributed by atoms with Crippen molar-refractivity contribution in [2.45, 2.75) is 32.5 Å². The van der Waals surface area contributed by atoms with Gasteiger partial charge in [0.1, 0.15) is 0 Å². The van der Waals surface area contributed by atoms with Crippen LogP contribution in [0.25, 0.3) is 0 Å². The predicted molar refractivity (Wildman–Crippen MR) is 81.3 cm³/mol. The summed E-state index contributed by atoms with van der Waals surface area (Å²) in [6.07, 6.45) is 2.49. The van der Waals surface area contributed by atoms with Gasteiger partial charge in [0.25, 0.3) is 0 Å². The van der Waals surface area contributed by atoms with Crippen molar-refractivity contribution < 1.29 is 13.6 Å². The van der Waals surface area contributed by atoms with E-state index >= 15 is 0 Å². The average molecular weight is 306 g/mol. The van der Waals surface area contributed by atoms with Crippen LogP contribution < -0.4 is 0 Å². The summed E-state index contributed by atoms with van der Waals surface area (Å²) in [6.45, 7) is 7.52. The number of carbonyl (C=O) groups excluding carboxylic acids is 1. The van der Waals surface area contributed by atoms with E-state index in [1.165, 1.54) is 0 Å². The topological polar surface area (TPSA) is 49.9 Å². The van der Waals surface area contributed by atoms with Crippen LogP contribution in [0.2, 0.25) is 19.6 Å². The van der Waals surface area contributed by atoms with E-state index in [1.807, 2.05) is 23.9 Å². The molecule has 1 aliphatic rings. The number of rotatable bonds is 7. The summed E-state index contributed by atoms with van der Waals surface area (Å²) < 4.78 is 18.9. The van der Waals surface area contributed by atoms with Gasteiger partial charge < -0.3 is 14.0 Å². The molecule has 0 aliphatic carbocycles. The number of nitrogens with zero attached hydrogens (tertiary/aromatic N) is 2.